The summed E-state index contributed by atoms with van der Waals surface area (Å²) in [5, 5.41) is 14.5. The number of anilines is 1. The second kappa shape index (κ2) is 6.53. The lowest BCUT2D eigenvalue weighted by Crippen LogP contribution is -2.39. The summed E-state index contributed by atoms with van der Waals surface area (Å²) in [7, 11) is 1.86. The topological polar surface area (TPSA) is 76.8 Å². The van der Waals surface area contributed by atoms with Crippen molar-refractivity contribution < 1.29 is 4.79 Å². The highest BCUT2D eigenvalue weighted by Crippen LogP contribution is 2.18. The minimum atomic E-state index is -0.278. The van der Waals surface area contributed by atoms with Crippen LogP contribution < -0.4 is 10.6 Å². The molecule has 0 bridgehead atoms. The van der Waals surface area contributed by atoms with Gasteiger partial charge in [-0.2, -0.15) is 10.2 Å². The lowest BCUT2D eigenvalue weighted by atomic mass is 10.2. The maximum absolute atomic E-state index is 12.2. The Labute approximate surface area is 124 Å². The zero-order chi connectivity index (χ0) is 15.4. The largest absolute Gasteiger partial charge is 0.322 e. The van der Waals surface area contributed by atoms with Crippen LogP contribution in [0.25, 0.3) is 0 Å². The molecule has 0 saturated heterocycles. The highest BCUT2D eigenvalue weighted by atomic mass is 16.2. The highest BCUT2D eigenvalue weighted by Gasteiger charge is 2.16. The number of nitrogens with zero attached hydrogens (tertiary/aromatic N) is 4. The Kier molecular flexibility index (Phi) is 4.74. The van der Waals surface area contributed by atoms with Crippen LogP contribution in [0.1, 0.15) is 18.3 Å². The molecule has 0 saturated carbocycles. The zero-order valence-corrected chi connectivity index (χ0v) is 12.9. The molecule has 2 N–H and O–H groups in total. The third-order valence-corrected chi connectivity index (χ3v) is 3.50. The van der Waals surface area contributed by atoms with Gasteiger partial charge in [-0.25, -0.2) is 0 Å². The van der Waals surface area contributed by atoms with E-state index < -0.39 is 0 Å². The number of carbonyl (C=O) groups excluding carboxylic acids is 1. The third-order valence-electron chi connectivity index (χ3n) is 3.50. The predicted octanol–water partition coefficient (Wildman–Crippen LogP) is 0.850. The van der Waals surface area contributed by atoms with E-state index in [0.29, 0.717) is 6.54 Å². The fraction of sp³-hybridized carbons (Fsp3) is 0.500. The number of aromatic nitrogens is 4. The number of nitrogens with one attached hydrogen (secondary N) is 2. The first kappa shape index (κ1) is 15.2. The monoisotopic (exact) mass is 290 g/mol. The Hall–Kier alpha value is -2.15. The van der Waals surface area contributed by atoms with Gasteiger partial charge in [0.05, 0.1) is 29.7 Å². The van der Waals surface area contributed by atoms with Crippen LogP contribution in [0.3, 0.4) is 0 Å². The van der Waals surface area contributed by atoms with Crippen molar-refractivity contribution in [3.8, 4) is 0 Å². The van der Waals surface area contributed by atoms with E-state index in [-0.39, 0.29) is 11.9 Å². The van der Waals surface area contributed by atoms with Gasteiger partial charge in [-0.15, -0.1) is 0 Å². The van der Waals surface area contributed by atoms with Gasteiger partial charge in [0, 0.05) is 26.0 Å². The SMILES string of the molecule is Cc1nn(C)c(C)c1NC(=O)C(C)NCCn1cccn1. The molecule has 7 nitrogen and oxygen atoms in total. The molecule has 2 heterocycles. The van der Waals surface area contributed by atoms with Crippen LogP contribution in [-0.4, -0.2) is 38.1 Å². The molecule has 0 aliphatic carbocycles. The Morgan fingerprint density at radius 2 is 2.19 bits per heavy atom. The van der Waals surface area contributed by atoms with Crippen LogP contribution >= 0.6 is 0 Å². The van der Waals surface area contributed by atoms with E-state index in [2.05, 4.69) is 20.8 Å². The Balaban J connectivity index is 1.84. The minimum absolute atomic E-state index is 0.0605. The second-order valence-electron chi connectivity index (χ2n) is 5.10. The van der Waals surface area contributed by atoms with E-state index in [1.165, 1.54) is 0 Å². The molecule has 114 valence electrons. The van der Waals surface area contributed by atoms with Crippen LogP contribution in [0.5, 0.6) is 0 Å². The van der Waals surface area contributed by atoms with E-state index in [1.54, 1.807) is 10.9 Å². The Morgan fingerprint density at radius 1 is 1.43 bits per heavy atom. The molecule has 0 spiro atoms. The summed E-state index contributed by atoms with van der Waals surface area (Å²) in [4.78, 5) is 12.2. The normalized spacial score (nSPS) is 12.4. The fourth-order valence-corrected chi connectivity index (χ4v) is 2.11. The summed E-state index contributed by atoms with van der Waals surface area (Å²) in [5.74, 6) is -0.0605. The summed E-state index contributed by atoms with van der Waals surface area (Å²) < 4.78 is 3.59. The van der Waals surface area contributed by atoms with Crippen LogP contribution in [0.2, 0.25) is 0 Å². The van der Waals surface area contributed by atoms with E-state index in [9.17, 15) is 4.79 Å². The van der Waals surface area contributed by atoms with Crippen molar-refractivity contribution in [3.05, 3.63) is 29.8 Å². The van der Waals surface area contributed by atoms with Crippen molar-refractivity contribution >= 4 is 11.6 Å². The van der Waals surface area contributed by atoms with Gasteiger partial charge in [0.25, 0.3) is 0 Å². The van der Waals surface area contributed by atoms with Gasteiger partial charge >= 0.3 is 0 Å². The quantitative estimate of drug-likeness (QED) is 0.827. The lowest BCUT2D eigenvalue weighted by Gasteiger charge is -2.14. The van der Waals surface area contributed by atoms with Gasteiger partial charge in [0.15, 0.2) is 0 Å². The molecule has 0 fully saturated rings. The molecular formula is C14H22N6O. The first-order chi connectivity index (χ1) is 9.99. The first-order valence-corrected chi connectivity index (χ1v) is 7.01. The molecule has 2 rings (SSSR count). The summed E-state index contributed by atoms with van der Waals surface area (Å²) in [5.41, 5.74) is 2.57. The molecule has 2 aromatic heterocycles. The number of hydrogen-bond donors (Lipinski definition) is 2. The van der Waals surface area contributed by atoms with Crippen LogP contribution in [0, 0.1) is 13.8 Å². The van der Waals surface area contributed by atoms with Gasteiger partial charge in [-0.1, -0.05) is 0 Å². The van der Waals surface area contributed by atoms with Crippen LogP contribution in [-0.2, 0) is 18.4 Å². The van der Waals surface area contributed by atoms with E-state index >= 15 is 0 Å². The lowest BCUT2D eigenvalue weighted by molar-refractivity contribution is -0.117. The van der Waals surface area contributed by atoms with Crippen LogP contribution in [0.4, 0.5) is 5.69 Å². The molecule has 1 amide bonds. The number of carbonyl (C=O) groups is 1. The van der Waals surface area contributed by atoms with Gasteiger partial charge in [-0.3, -0.25) is 14.2 Å². The molecule has 1 unspecified atom stereocenters. The van der Waals surface area contributed by atoms with Crippen molar-refractivity contribution in [2.45, 2.75) is 33.4 Å². The summed E-state index contributed by atoms with van der Waals surface area (Å²) in [6, 6.07) is 1.60. The number of aryl methyl sites for hydroxylation is 2. The molecule has 0 radical (unpaired) electrons. The Bertz CT molecular complexity index is 601. The molecule has 7 heteroatoms. The van der Waals surface area contributed by atoms with Crippen molar-refractivity contribution in [3.63, 3.8) is 0 Å². The molecule has 0 aliphatic rings. The molecular weight excluding hydrogens is 268 g/mol. The average molecular weight is 290 g/mol. The van der Waals surface area contributed by atoms with Crippen LogP contribution in [0.15, 0.2) is 18.5 Å². The smallest absolute Gasteiger partial charge is 0.241 e. The van der Waals surface area contributed by atoms with Crippen molar-refractivity contribution in [2.24, 2.45) is 7.05 Å². The first-order valence-electron chi connectivity index (χ1n) is 7.01. The van der Waals surface area contributed by atoms with E-state index in [4.69, 9.17) is 0 Å². The van der Waals surface area contributed by atoms with Gasteiger partial charge < -0.3 is 10.6 Å². The zero-order valence-electron chi connectivity index (χ0n) is 12.9. The molecule has 2 aromatic rings. The minimum Gasteiger partial charge on any atom is -0.322 e. The van der Waals surface area contributed by atoms with Crippen molar-refractivity contribution in [2.75, 3.05) is 11.9 Å². The molecule has 0 aromatic carbocycles. The fourth-order valence-electron chi connectivity index (χ4n) is 2.11. The van der Waals surface area contributed by atoms with E-state index in [0.717, 1.165) is 23.6 Å². The van der Waals surface area contributed by atoms with Gasteiger partial charge in [0.1, 0.15) is 0 Å². The molecule has 0 aliphatic heterocycles. The van der Waals surface area contributed by atoms with Gasteiger partial charge in [-0.05, 0) is 26.8 Å². The van der Waals surface area contributed by atoms with Crippen molar-refractivity contribution in [1.29, 1.82) is 0 Å². The number of hydrogen-bond acceptors (Lipinski definition) is 4. The predicted molar refractivity (Wildman–Crippen MR) is 81.0 cm³/mol. The average Bonchev–Trinajstić information content (AvgIpc) is 3.03. The third kappa shape index (κ3) is 3.69. The second-order valence-corrected chi connectivity index (χ2v) is 5.10. The highest BCUT2D eigenvalue weighted by molar-refractivity contribution is 5.95. The maximum Gasteiger partial charge on any atom is 0.241 e. The van der Waals surface area contributed by atoms with Gasteiger partial charge in [0.2, 0.25) is 5.91 Å². The van der Waals surface area contributed by atoms with E-state index in [1.807, 2.05) is 44.8 Å². The summed E-state index contributed by atoms with van der Waals surface area (Å²) >= 11 is 0. The summed E-state index contributed by atoms with van der Waals surface area (Å²) in [6.07, 6.45) is 3.64. The summed E-state index contributed by atoms with van der Waals surface area (Å²) in [6.45, 7) is 7.08. The van der Waals surface area contributed by atoms with Crippen molar-refractivity contribution in [1.82, 2.24) is 24.9 Å². The Morgan fingerprint density at radius 3 is 2.76 bits per heavy atom. The standard InChI is InChI=1S/C14H22N6O/c1-10-13(12(3)19(4)18-10)17-14(21)11(2)15-7-9-20-8-5-6-16-20/h5-6,8,11,15H,7,9H2,1-4H3,(H,17,21). The molecule has 21 heavy (non-hydrogen) atoms. The molecule has 1 atom stereocenters. The number of amides is 1. The number of rotatable bonds is 6. The maximum atomic E-state index is 12.2.